The van der Waals surface area contributed by atoms with Gasteiger partial charge >= 0.3 is 0 Å². The molecule has 2 nitrogen and oxygen atoms in total. The number of rotatable bonds is 4. The fourth-order valence-electron chi connectivity index (χ4n) is 2.00. The second-order valence-corrected chi connectivity index (χ2v) is 5.11. The first-order valence-electron chi connectivity index (χ1n) is 6.11. The molecule has 2 heteroatoms. The predicted octanol–water partition coefficient (Wildman–Crippen LogP) is 2.25. The van der Waals surface area contributed by atoms with Crippen LogP contribution in [0.25, 0.3) is 0 Å². The lowest BCUT2D eigenvalue weighted by atomic mass is 10.0. The first-order chi connectivity index (χ1) is 6.64. The van der Waals surface area contributed by atoms with Gasteiger partial charge in [-0.15, -0.1) is 0 Å². The zero-order valence-electron chi connectivity index (χ0n) is 10.1. The maximum Gasteiger partial charge on any atom is 0.0137 e. The van der Waals surface area contributed by atoms with Crippen LogP contribution in [0.15, 0.2) is 0 Å². The minimum atomic E-state index is 0.347. The summed E-state index contributed by atoms with van der Waals surface area (Å²) in [5.74, 6) is 0. The zero-order chi connectivity index (χ0) is 10.4. The number of nitrogens with zero attached hydrogens (tertiary/aromatic N) is 1. The summed E-state index contributed by atoms with van der Waals surface area (Å²) in [4.78, 5) is 2.61. The van der Waals surface area contributed by atoms with E-state index in [-0.39, 0.29) is 0 Å². The van der Waals surface area contributed by atoms with Gasteiger partial charge in [0.2, 0.25) is 0 Å². The van der Waals surface area contributed by atoms with Gasteiger partial charge in [0.15, 0.2) is 0 Å². The van der Waals surface area contributed by atoms with E-state index < -0.39 is 0 Å². The molecule has 1 rings (SSSR count). The Morgan fingerprint density at radius 2 is 2.00 bits per heavy atom. The molecular formula is C12H26N2. The van der Waals surface area contributed by atoms with Crippen LogP contribution in [-0.4, -0.2) is 36.6 Å². The van der Waals surface area contributed by atoms with Crippen molar-refractivity contribution in [2.24, 2.45) is 0 Å². The summed E-state index contributed by atoms with van der Waals surface area (Å²) in [6, 6.07) is 0. The maximum absolute atomic E-state index is 3.60. The highest BCUT2D eigenvalue weighted by Gasteiger charge is 2.21. The van der Waals surface area contributed by atoms with Gasteiger partial charge in [-0.1, -0.05) is 19.8 Å². The summed E-state index contributed by atoms with van der Waals surface area (Å²) in [5, 5.41) is 3.60. The van der Waals surface area contributed by atoms with Crippen molar-refractivity contribution in [3.63, 3.8) is 0 Å². The van der Waals surface area contributed by atoms with E-state index in [1.54, 1.807) is 0 Å². The van der Waals surface area contributed by atoms with E-state index in [9.17, 15) is 0 Å². The van der Waals surface area contributed by atoms with Crippen molar-refractivity contribution in [3.05, 3.63) is 0 Å². The molecule has 0 bridgehead atoms. The quantitative estimate of drug-likeness (QED) is 0.697. The molecule has 0 amide bonds. The molecule has 0 aromatic carbocycles. The lowest BCUT2D eigenvalue weighted by molar-refractivity contribution is 0.277. The Hall–Kier alpha value is -0.0800. The zero-order valence-corrected chi connectivity index (χ0v) is 10.1. The van der Waals surface area contributed by atoms with Crippen LogP contribution < -0.4 is 5.32 Å². The van der Waals surface area contributed by atoms with Crippen LogP contribution in [0.4, 0.5) is 0 Å². The molecule has 0 unspecified atom stereocenters. The van der Waals surface area contributed by atoms with Gasteiger partial charge in [0.1, 0.15) is 0 Å². The van der Waals surface area contributed by atoms with Gasteiger partial charge in [0.05, 0.1) is 0 Å². The topological polar surface area (TPSA) is 15.3 Å². The Labute approximate surface area is 89.1 Å². The molecule has 1 saturated heterocycles. The van der Waals surface area contributed by atoms with Crippen molar-refractivity contribution in [3.8, 4) is 0 Å². The highest BCUT2D eigenvalue weighted by atomic mass is 15.2. The molecule has 1 aliphatic rings. The molecule has 14 heavy (non-hydrogen) atoms. The van der Waals surface area contributed by atoms with Crippen molar-refractivity contribution in [2.75, 3.05) is 26.2 Å². The van der Waals surface area contributed by atoms with Gasteiger partial charge in [-0.05, 0) is 39.8 Å². The Morgan fingerprint density at radius 3 is 2.71 bits per heavy atom. The van der Waals surface area contributed by atoms with Crippen LogP contribution >= 0.6 is 0 Å². The number of nitrogens with one attached hydrogen (secondary N) is 1. The molecule has 1 N–H and O–H groups in total. The minimum absolute atomic E-state index is 0.347. The second kappa shape index (κ2) is 5.72. The number of hydrogen-bond donors (Lipinski definition) is 1. The van der Waals surface area contributed by atoms with Gasteiger partial charge < -0.3 is 10.2 Å². The normalized spacial score (nSPS) is 23.4. The molecule has 1 fully saturated rings. The smallest absolute Gasteiger partial charge is 0.0137 e. The fourth-order valence-corrected chi connectivity index (χ4v) is 2.00. The second-order valence-electron chi connectivity index (χ2n) is 5.11. The first kappa shape index (κ1) is 12.0. The molecule has 1 heterocycles. The van der Waals surface area contributed by atoms with Crippen molar-refractivity contribution < 1.29 is 0 Å². The van der Waals surface area contributed by atoms with Crippen LogP contribution in [0, 0.1) is 0 Å². The molecule has 84 valence electrons. The van der Waals surface area contributed by atoms with Crippen LogP contribution in [-0.2, 0) is 0 Å². The summed E-state index contributed by atoms with van der Waals surface area (Å²) in [7, 11) is 0. The highest BCUT2D eigenvalue weighted by molar-refractivity contribution is 4.82. The van der Waals surface area contributed by atoms with E-state index in [4.69, 9.17) is 0 Å². The third-order valence-electron chi connectivity index (χ3n) is 3.16. The molecule has 0 aromatic heterocycles. The van der Waals surface area contributed by atoms with Gasteiger partial charge in [-0.3, -0.25) is 0 Å². The van der Waals surface area contributed by atoms with E-state index >= 15 is 0 Å². The van der Waals surface area contributed by atoms with Gasteiger partial charge in [-0.25, -0.2) is 0 Å². The van der Waals surface area contributed by atoms with E-state index in [0.29, 0.717) is 5.54 Å². The van der Waals surface area contributed by atoms with Gasteiger partial charge in [0.25, 0.3) is 0 Å². The third-order valence-corrected chi connectivity index (χ3v) is 3.16. The molecule has 0 atom stereocenters. The molecule has 1 aliphatic heterocycles. The first-order valence-corrected chi connectivity index (χ1v) is 6.11. The molecular weight excluding hydrogens is 172 g/mol. The average Bonchev–Trinajstić information content (AvgIpc) is 2.28. The Balaban J connectivity index is 2.21. The molecule has 0 aromatic rings. The Kier molecular flexibility index (Phi) is 4.90. The van der Waals surface area contributed by atoms with Crippen molar-refractivity contribution >= 4 is 0 Å². The van der Waals surface area contributed by atoms with Gasteiger partial charge in [0, 0.05) is 18.6 Å². The standard InChI is InChI=1S/C12H26N2/c1-4-5-6-9-14-10-7-12(2,3)13-8-11-14/h13H,4-11H2,1-3H3. The summed E-state index contributed by atoms with van der Waals surface area (Å²) < 4.78 is 0. The Morgan fingerprint density at radius 1 is 1.21 bits per heavy atom. The summed E-state index contributed by atoms with van der Waals surface area (Å²) in [6.07, 6.45) is 5.36. The Bertz CT molecular complexity index is 154. The molecule has 0 saturated carbocycles. The molecule has 0 radical (unpaired) electrons. The summed E-state index contributed by atoms with van der Waals surface area (Å²) in [6.45, 7) is 11.8. The average molecular weight is 198 g/mol. The van der Waals surface area contributed by atoms with E-state index in [0.717, 1.165) is 6.54 Å². The van der Waals surface area contributed by atoms with Crippen LogP contribution in [0.5, 0.6) is 0 Å². The van der Waals surface area contributed by atoms with Crippen molar-refractivity contribution in [1.82, 2.24) is 10.2 Å². The largest absolute Gasteiger partial charge is 0.310 e. The van der Waals surface area contributed by atoms with Crippen molar-refractivity contribution in [2.45, 2.75) is 52.0 Å². The van der Waals surface area contributed by atoms with Crippen LogP contribution in [0.3, 0.4) is 0 Å². The third kappa shape index (κ3) is 4.43. The maximum atomic E-state index is 3.60. The lowest BCUT2D eigenvalue weighted by Crippen LogP contribution is -2.39. The highest BCUT2D eigenvalue weighted by Crippen LogP contribution is 2.12. The lowest BCUT2D eigenvalue weighted by Gasteiger charge is -2.23. The predicted molar refractivity (Wildman–Crippen MR) is 62.7 cm³/mol. The molecule has 0 spiro atoms. The van der Waals surface area contributed by atoms with Crippen LogP contribution in [0.1, 0.15) is 46.5 Å². The van der Waals surface area contributed by atoms with Crippen molar-refractivity contribution in [1.29, 1.82) is 0 Å². The SMILES string of the molecule is CCCCCN1CCNC(C)(C)CC1. The van der Waals surface area contributed by atoms with E-state index in [1.807, 2.05) is 0 Å². The fraction of sp³-hybridized carbons (Fsp3) is 1.00. The molecule has 0 aliphatic carbocycles. The minimum Gasteiger partial charge on any atom is -0.310 e. The number of unbranched alkanes of at least 4 members (excludes halogenated alkanes) is 2. The monoisotopic (exact) mass is 198 g/mol. The summed E-state index contributed by atoms with van der Waals surface area (Å²) in [5.41, 5.74) is 0.347. The van der Waals surface area contributed by atoms with Crippen LogP contribution in [0.2, 0.25) is 0 Å². The number of hydrogen-bond acceptors (Lipinski definition) is 2. The summed E-state index contributed by atoms with van der Waals surface area (Å²) >= 11 is 0. The van der Waals surface area contributed by atoms with E-state index in [1.165, 1.54) is 45.3 Å². The van der Waals surface area contributed by atoms with E-state index in [2.05, 4.69) is 31.0 Å². The van der Waals surface area contributed by atoms with Gasteiger partial charge in [-0.2, -0.15) is 0 Å².